The molecule has 60 heavy (non-hydrogen) atoms. The summed E-state index contributed by atoms with van der Waals surface area (Å²) in [6, 6.07) is 0. The minimum atomic E-state index is -0.530. The number of rotatable bonds is 50. The molecule has 0 aromatic heterocycles. The lowest BCUT2D eigenvalue weighted by atomic mass is 10.0. The van der Waals surface area contributed by atoms with Crippen molar-refractivity contribution < 1.29 is 23.8 Å². The van der Waals surface area contributed by atoms with Gasteiger partial charge in [-0.1, -0.05) is 251 Å². The second-order valence-corrected chi connectivity index (χ2v) is 18.1. The highest BCUT2D eigenvalue weighted by molar-refractivity contribution is 5.70. The Labute approximate surface area is 375 Å². The molecule has 0 saturated carbocycles. The third-order valence-electron chi connectivity index (χ3n) is 12.0. The first-order valence-electron chi connectivity index (χ1n) is 26.9. The number of esters is 2. The average Bonchev–Trinajstić information content (AvgIpc) is 3.25. The standard InChI is InChI=1S/C55H104O5/c1-4-7-10-13-16-18-20-22-24-26-27-28-30-32-34-36-38-41-44-47-50-58-51-53(60-55(57)49-46-43-39-15-12-9-6-3)52-59-54(56)48-45-42-40-37-35-33-31-29-25-23-21-19-17-14-11-8-5-2/h17,19,23,25,53H,4-16,18,20-22,24,26-52H2,1-3H3/b19-17-,25-23-. The van der Waals surface area contributed by atoms with Crippen LogP contribution in [0.1, 0.15) is 290 Å². The zero-order valence-corrected chi connectivity index (χ0v) is 40.7. The molecule has 0 heterocycles. The molecule has 0 aliphatic heterocycles. The van der Waals surface area contributed by atoms with Gasteiger partial charge in [-0.2, -0.15) is 0 Å². The quantitative estimate of drug-likeness (QED) is 0.0347. The highest BCUT2D eigenvalue weighted by Crippen LogP contribution is 2.16. The van der Waals surface area contributed by atoms with E-state index in [1.54, 1.807) is 0 Å². The van der Waals surface area contributed by atoms with Gasteiger partial charge in [0.25, 0.3) is 0 Å². The number of unbranched alkanes of at least 4 members (excludes halogenated alkanes) is 35. The van der Waals surface area contributed by atoms with Crippen molar-refractivity contribution in [1.82, 2.24) is 0 Å². The summed E-state index contributed by atoms with van der Waals surface area (Å²) in [4.78, 5) is 25.2. The van der Waals surface area contributed by atoms with E-state index in [0.717, 1.165) is 44.9 Å². The lowest BCUT2D eigenvalue weighted by Gasteiger charge is -2.18. The largest absolute Gasteiger partial charge is 0.462 e. The van der Waals surface area contributed by atoms with Crippen molar-refractivity contribution in [3.8, 4) is 0 Å². The number of carbonyl (C=O) groups excluding carboxylic acids is 2. The fraction of sp³-hybridized carbons (Fsp3) is 0.891. The van der Waals surface area contributed by atoms with E-state index >= 15 is 0 Å². The lowest BCUT2D eigenvalue weighted by molar-refractivity contribution is -0.163. The molecular formula is C55H104O5. The summed E-state index contributed by atoms with van der Waals surface area (Å²) in [5, 5.41) is 0. The molecule has 0 amide bonds. The van der Waals surface area contributed by atoms with Crippen LogP contribution >= 0.6 is 0 Å². The Kier molecular flexibility index (Phi) is 50.3. The lowest BCUT2D eigenvalue weighted by Crippen LogP contribution is -2.30. The highest BCUT2D eigenvalue weighted by Gasteiger charge is 2.17. The van der Waals surface area contributed by atoms with Crippen molar-refractivity contribution in [2.45, 2.75) is 297 Å². The summed E-state index contributed by atoms with van der Waals surface area (Å²) in [6.07, 6.45) is 60.6. The van der Waals surface area contributed by atoms with Crippen molar-refractivity contribution in [3.63, 3.8) is 0 Å². The zero-order chi connectivity index (χ0) is 43.5. The van der Waals surface area contributed by atoms with Gasteiger partial charge in [0, 0.05) is 19.4 Å². The molecular weight excluding hydrogens is 741 g/mol. The number of hydrogen-bond donors (Lipinski definition) is 0. The third-order valence-corrected chi connectivity index (χ3v) is 12.0. The molecule has 0 aliphatic rings. The molecule has 0 aliphatic carbocycles. The minimum Gasteiger partial charge on any atom is -0.462 e. The summed E-state index contributed by atoms with van der Waals surface area (Å²) in [7, 11) is 0. The van der Waals surface area contributed by atoms with Crippen LogP contribution in [-0.2, 0) is 23.8 Å². The fourth-order valence-corrected chi connectivity index (χ4v) is 7.95. The SMILES string of the molecule is CCCCC/C=C\C/C=C\CCCCCCCCCC(=O)OCC(COCCCCCCCCCCCCCCCCCCCCCC)OC(=O)CCCCCCCCC. The smallest absolute Gasteiger partial charge is 0.306 e. The van der Waals surface area contributed by atoms with Crippen LogP contribution in [0.2, 0.25) is 0 Å². The van der Waals surface area contributed by atoms with Crippen molar-refractivity contribution >= 4 is 11.9 Å². The molecule has 5 nitrogen and oxygen atoms in total. The molecule has 5 heteroatoms. The monoisotopic (exact) mass is 845 g/mol. The van der Waals surface area contributed by atoms with E-state index in [-0.39, 0.29) is 18.5 Å². The van der Waals surface area contributed by atoms with E-state index in [9.17, 15) is 9.59 Å². The van der Waals surface area contributed by atoms with Gasteiger partial charge in [-0.15, -0.1) is 0 Å². The van der Waals surface area contributed by atoms with Gasteiger partial charge in [0.05, 0.1) is 6.61 Å². The van der Waals surface area contributed by atoms with Crippen LogP contribution in [0.15, 0.2) is 24.3 Å². The van der Waals surface area contributed by atoms with Crippen LogP contribution < -0.4 is 0 Å². The van der Waals surface area contributed by atoms with E-state index < -0.39 is 6.10 Å². The van der Waals surface area contributed by atoms with Crippen molar-refractivity contribution in [2.24, 2.45) is 0 Å². The number of carbonyl (C=O) groups is 2. The molecule has 0 saturated heterocycles. The number of ether oxygens (including phenoxy) is 3. The molecule has 0 rings (SSSR count). The Balaban J connectivity index is 4.04. The topological polar surface area (TPSA) is 61.8 Å². The van der Waals surface area contributed by atoms with Crippen LogP contribution in [0.4, 0.5) is 0 Å². The predicted octanol–water partition coefficient (Wildman–Crippen LogP) is 18.0. The molecule has 0 fully saturated rings. The van der Waals surface area contributed by atoms with E-state index in [0.29, 0.717) is 26.1 Å². The number of hydrogen-bond acceptors (Lipinski definition) is 5. The molecule has 354 valence electrons. The van der Waals surface area contributed by atoms with Gasteiger partial charge in [0.2, 0.25) is 0 Å². The van der Waals surface area contributed by atoms with Crippen LogP contribution in [0.5, 0.6) is 0 Å². The predicted molar refractivity (Wildman–Crippen MR) is 261 cm³/mol. The molecule has 0 N–H and O–H groups in total. The van der Waals surface area contributed by atoms with E-state index in [1.807, 2.05) is 0 Å². The van der Waals surface area contributed by atoms with Gasteiger partial charge in [0.1, 0.15) is 6.61 Å². The summed E-state index contributed by atoms with van der Waals surface area (Å²) >= 11 is 0. The summed E-state index contributed by atoms with van der Waals surface area (Å²) in [5.74, 6) is -0.395. The Hall–Kier alpha value is -1.62. The van der Waals surface area contributed by atoms with Gasteiger partial charge >= 0.3 is 11.9 Å². The van der Waals surface area contributed by atoms with Gasteiger partial charge < -0.3 is 14.2 Å². The van der Waals surface area contributed by atoms with E-state index in [1.165, 1.54) is 212 Å². The first kappa shape index (κ1) is 58.4. The van der Waals surface area contributed by atoms with Crippen molar-refractivity contribution in [3.05, 3.63) is 24.3 Å². The Morgan fingerprint density at radius 2 is 0.700 bits per heavy atom. The third kappa shape index (κ3) is 49.0. The summed E-state index contributed by atoms with van der Waals surface area (Å²) in [6.45, 7) is 7.82. The van der Waals surface area contributed by atoms with Gasteiger partial charge in [0.15, 0.2) is 6.10 Å². The zero-order valence-electron chi connectivity index (χ0n) is 40.7. The maximum atomic E-state index is 12.7. The van der Waals surface area contributed by atoms with Crippen LogP contribution in [-0.4, -0.2) is 37.9 Å². The minimum absolute atomic E-state index is 0.0878. The first-order valence-corrected chi connectivity index (χ1v) is 26.9. The van der Waals surface area contributed by atoms with Crippen LogP contribution in [0, 0.1) is 0 Å². The fourth-order valence-electron chi connectivity index (χ4n) is 7.95. The normalized spacial score (nSPS) is 12.2. The van der Waals surface area contributed by atoms with Crippen LogP contribution in [0.25, 0.3) is 0 Å². The second kappa shape index (κ2) is 51.7. The van der Waals surface area contributed by atoms with Gasteiger partial charge in [-0.25, -0.2) is 0 Å². The molecule has 0 spiro atoms. The number of allylic oxidation sites excluding steroid dienone is 4. The molecule has 0 aromatic carbocycles. The van der Waals surface area contributed by atoms with Gasteiger partial charge in [-0.05, 0) is 51.4 Å². The molecule has 1 unspecified atom stereocenters. The highest BCUT2D eigenvalue weighted by atomic mass is 16.6. The van der Waals surface area contributed by atoms with E-state index in [4.69, 9.17) is 14.2 Å². The molecule has 0 aromatic rings. The maximum Gasteiger partial charge on any atom is 0.306 e. The first-order chi connectivity index (χ1) is 29.6. The Morgan fingerprint density at radius 1 is 0.367 bits per heavy atom. The molecule has 0 radical (unpaired) electrons. The molecule has 1 atom stereocenters. The summed E-state index contributed by atoms with van der Waals surface area (Å²) in [5.41, 5.74) is 0. The van der Waals surface area contributed by atoms with Crippen molar-refractivity contribution in [1.29, 1.82) is 0 Å². The van der Waals surface area contributed by atoms with Gasteiger partial charge in [-0.3, -0.25) is 9.59 Å². The Bertz CT molecular complexity index is 913. The maximum absolute atomic E-state index is 12.7. The van der Waals surface area contributed by atoms with E-state index in [2.05, 4.69) is 45.1 Å². The van der Waals surface area contributed by atoms with Crippen LogP contribution in [0.3, 0.4) is 0 Å². The average molecular weight is 845 g/mol. The molecule has 0 bridgehead atoms. The second-order valence-electron chi connectivity index (χ2n) is 18.1. The Morgan fingerprint density at radius 3 is 1.13 bits per heavy atom. The van der Waals surface area contributed by atoms with Crippen molar-refractivity contribution in [2.75, 3.05) is 19.8 Å². The summed E-state index contributed by atoms with van der Waals surface area (Å²) < 4.78 is 17.4.